The van der Waals surface area contributed by atoms with Gasteiger partial charge in [-0.3, -0.25) is 15.0 Å². The van der Waals surface area contributed by atoms with Gasteiger partial charge in [-0.2, -0.15) is 13.2 Å². The third kappa shape index (κ3) is 4.16. The van der Waals surface area contributed by atoms with Crippen LogP contribution in [0.2, 0.25) is 0 Å². The van der Waals surface area contributed by atoms with Crippen molar-refractivity contribution in [2.45, 2.75) is 19.1 Å². The lowest BCUT2D eigenvalue weighted by Crippen LogP contribution is -2.08. The van der Waals surface area contributed by atoms with Crippen molar-refractivity contribution in [3.8, 4) is 22.5 Å². The Bertz CT molecular complexity index is 1080. The maximum atomic E-state index is 12.9. The van der Waals surface area contributed by atoms with Crippen LogP contribution in [0.4, 0.5) is 13.2 Å². The summed E-state index contributed by atoms with van der Waals surface area (Å²) in [7, 11) is 0. The number of hydrogen-bond donors (Lipinski definition) is 0. The van der Waals surface area contributed by atoms with Crippen LogP contribution in [0.25, 0.3) is 22.5 Å². The van der Waals surface area contributed by atoms with E-state index in [4.69, 9.17) is 0 Å². The highest BCUT2D eigenvalue weighted by Crippen LogP contribution is 2.33. The van der Waals surface area contributed by atoms with E-state index in [-0.39, 0.29) is 0 Å². The Morgan fingerprint density at radius 1 is 0.828 bits per heavy atom. The largest absolute Gasteiger partial charge is 0.433 e. The molecule has 0 saturated carbocycles. The van der Waals surface area contributed by atoms with E-state index in [1.54, 1.807) is 24.9 Å². The van der Waals surface area contributed by atoms with Crippen LogP contribution < -0.4 is 0 Å². The molecule has 1 aromatic carbocycles. The zero-order valence-electron chi connectivity index (χ0n) is 15.2. The van der Waals surface area contributed by atoms with E-state index in [0.29, 0.717) is 29.9 Å². The molecule has 4 aromatic rings. The molecular weight excluding hydrogens is 379 g/mol. The summed E-state index contributed by atoms with van der Waals surface area (Å²) in [5, 5.41) is 0. The van der Waals surface area contributed by atoms with E-state index in [2.05, 4.69) is 19.9 Å². The van der Waals surface area contributed by atoms with E-state index in [9.17, 15) is 13.2 Å². The van der Waals surface area contributed by atoms with Gasteiger partial charge >= 0.3 is 6.18 Å². The highest BCUT2D eigenvalue weighted by atomic mass is 19.4. The molecule has 29 heavy (non-hydrogen) atoms. The maximum absolute atomic E-state index is 12.9. The lowest BCUT2D eigenvalue weighted by atomic mass is 10.1. The molecule has 3 heterocycles. The molecule has 4 rings (SSSR count). The van der Waals surface area contributed by atoms with Crippen LogP contribution in [-0.2, 0) is 19.1 Å². The highest BCUT2D eigenvalue weighted by Gasteiger charge is 2.32. The monoisotopic (exact) mass is 395 g/mol. The van der Waals surface area contributed by atoms with Gasteiger partial charge in [0.05, 0.1) is 23.4 Å². The lowest BCUT2D eigenvalue weighted by molar-refractivity contribution is -0.141. The lowest BCUT2D eigenvalue weighted by Gasteiger charge is -2.12. The van der Waals surface area contributed by atoms with Gasteiger partial charge in [-0.15, -0.1) is 0 Å². The zero-order chi connectivity index (χ0) is 20.3. The highest BCUT2D eigenvalue weighted by molar-refractivity contribution is 5.78. The molecule has 5 nitrogen and oxygen atoms in total. The molecule has 0 radical (unpaired) electrons. The van der Waals surface area contributed by atoms with Gasteiger partial charge in [-0.05, 0) is 12.1 Å². The van der Waals surface area contributed by atoms with Gasteiger partial charge in [0, 0.05) is 48.9 Å². The minimum atomic E-state index is -4.48. The average molecular weight is 395 g/mol. The van der Waals surface area contributed by atoms with Crippen LogP contribution in [0.3, 0.4) is 0 Å². The quantitative estimate of drug-likeness (QED) is 0.493. The topological polar surface area (TPSA) is 56.5 Å². The first-order valence-corrected chi connectivity index (χ1v) is 8.91. The van der Waals surface area contributed by atoms with Crippen LogP contribution >= 0.6 is 0 Å². The van der Waals surface area contributed by atoms with Crippen molar-refractivity contribution in [1.82, 2.24) is 24.5 Å². The Labute approximate surface area is 164 Å². The summed E-state index contributed by atoms with van der Waals surface area (Å²) < 4.78 is 40.6. The van der Waals surface area contributed by atoms with Gasteiger partial charge in [0.15, 0.2) is 0 Å². The Balaban J connectivity index is 1.73. The molecule has 0 fully saturated rings. The van der Waals surface area contributed by atoms with E-state index in [0.717, 1.165) is 17.3 Å². The number of imidazole rings is 1. The Kier molecular flexibility index (Phi) is 5.07. The fourth-order valence-corrected chi connectivity index (χ4v) is 3.06. The fourth-order valence-electron chi connectivity index (χ4n) is 3.06. The second-order valence-electron chi connectivity index (χ2n) is 6.38. The summed E-state index contributed by atoms with van der Waals surface area (Å²) in [6.45, 7) is 0.550. The van der Waals surface area contributed by atoms with Crippen molar-refractivity contribution < 1.29 is 13.2 Å². The van der Waals surface area contributed by atoms with Crippen molar-refractivity contribution in [1.29, 1.82) is 0 Å². The van der Waals surface area contributed by atoms with Gasteiger partial charge in [-0.1, -0.05) is 30.3 Å². The zero-order valence-corrected chi connectivity index (χ0v) is 15.2. The van der Waals surface area contributed by atoms with Crippen molar-refractivity contribution in [3.05, 3.63) is 85.0 Å². The average Bonchev–Trinajstić information content (AvgIpc) is 3.17. The fraction of sp³-hybridized carbons (Fsp3) is 0.143. The van der Waals surface area contributed by atoms with E-state index < -0.39 is 11.9 Å². The molecule has 146 valence electrons. The van der Waals surface area contributed by atoms with Crippen LogP contribution in [-0.4, -0.2) is 24.5 Å². The molecule has 0 atom stereocenters. The predicted octanol–water partition coefficient (Wildman–Crippen LogP) is 4.66. The summed E-state index contributed by atoms with van der Waals surface area (Å²) in [4.78, 5) is 16.5. The second kappa shape index (κ2) is 7.83. The first-order valence-electron chi connectivity index (χ1n) is 8.91. The van der Waals surface area contributed by atoms with Crippen LogP contribution in [0.1, 0.15) is 11.4 Å². The van der Waals surface area contributed by atoms with E-state index in [1.165, 1.54) is 12.3 Å². The summed E-state index contributed by atoms with van der Waals surface area (Å²) in [5.41, 5.74) is 2.73. The Hall–Kier alpha value is -3.55. The molecule has 0 unspecified atom stereocenters. The van der Waals surface area contributed by atoms with E-state index in [1.807, 2.05) is 34.9 Å². The van der Waals surface area contributed by atoms with Crippen molar-refractivity contribution in [2.24, 2.45) is 0 Å². The standard InChI is InChI=1S/C21H16F3N5/c22-21(23,24)18-7-6-16(12-27-18)20-19(15-4-2-1-3-5-15)28-14-29(20)11-8-17-13-25-9-10-26-17/h1-7,9-10,12-14H,8,11H2. The van der Waals surface area contributed by atoms with Crippen molar-refractivity contribution >= 4 is 0 Å². The number of alkyl halides is 3. The number of benzene rings is 1. The molecule has 3 aromatic heterocycles. The SMILES string of the molecule is FC(F)(F)c1ccc(-c2c(-c3ccccc3)ncn2CCc2cnccn2)cn1. The molecule has 0 N–H and O–H groups in total. The van der Waals surface area contributed by atoms with Gasteiger partial charge in [0.1, 0.15) is 5.69 Å². The Morgan fingerprint density at radius 3 is 2.31 bits per heavy atom. The van der Waals surface area contributed by atoms with Crippen LogP contribution in [0.5, 0.6) is 0 Å². The molecule has 0 aliphatic heterocycles. The van der Waals surface area contributed by atoms with Gasteiger partial charge in [-0.25, -0.2) is 4.98 Å². The van der Waals surface area contributed by atoms with Gasteiger partial charge in [0.25, 0.3) is 0 Å². The number of nitrogens with zero attached hydrogens (tertiary/aromatic N) is 5. The third-order valence-electron chi connectivity index (χ3n) is 4.44. The Morgan fingerprint density at radius 2 is 1.66 bits per heavy atom. The maximum Gasteiger partial charge on any atom is 0.433 e. The summed E-state index contributed by atoms with van der Waals surface area (Å²) >= 11 is 0. The van der Waals surface area contributed by atoms with Gasteiger partial charge < -0.3 is 4.57 Å². The molecule has 0 aliphatic rings. The number of hydrogen-bond acceptors (Lipinski definition) is 4. The normalized spacial score (nSPS) is 11.6. The molecular formula is C21H16F3N5. The summed E-state index contributed by atoms with van der Waals surface area (Å²) in [6, 6.07) is 11.9. The van der Waals surface area contributed by atoms with Crippen molar-refractivity contribution in [2.75, 3.05) is 0 Å². The molecule has 0 aliphatic carbocycles. The van der Waals surface area contributed by atoms with Crippen LogP contribution in [0, 0.1) is 0 Å². The van der Waals surface area contributed by atoms with Gasteiger partial charge in [0.2, 0.25) is 0 Å². The molecule has 0 bridgehead atoms. The first kappa shape index (κ1) is 18.8. The smallest absolute Gasteiger partial charge is 0.330 e. The van der Waals surface area contributed by atoms with E-state index >= 15 is 0 Å². The number of halogens is 3. The number of aromatic nitrogens is 5. The predicted molar refractivity (Wildman–Crippen MR) is 102 cm³/mol. The van der Waals surface area contributed by atoms with Crippen LogP contribution in [0.15, 0.2) is 73.6 Å². The molecule has 0 spiro atoms. The minimum Gasteiger partial charge on any atom is -0.330 e. The minimum absolute atomic E-state index is 0.550. The number of rotatable bonds is 5. The number of pyridine rings is 1. The second-order valence-corrected chi connectivity index (χ2v) is 6.38. The number of aryl methyl sites for hydroxylation is 2. The molecule has 0 saturated heterocycles. The van der Waals surface area contributed by atoms with Crippen molar-refractivity contribution in [3.63, 3.8) is 0 Å². The first-order chi connectivity index (χ1) is 14.0. The molecule has 0 amide bonds. The summed E-state index contributed by atoms with van der Waals surface area (Å²) in [5.74, 6) is 0. The summed E-state index contributed by atoms with van der Waals surface area (Å²) in [6.07, 6.45) is 3.98. The molecule has 8 heteroatoms. The third-order valence-corrected chi connectivity index (χ3v) is 4.44.